The highest BCUT2D eigenvalue weighted by Gasteiger charge is 2.06. The van der Waals surface area contributed by atoms with Gasteiger partial charge in [0.05, 0.1) is 17.3 Å². The van der Waals surface area contributed by atoms with Crippen LogP contribution in [0.25, 0.3) is 5.52 Å². The number of aromatic nitrogens is 3. The summed E-state index contributed by atoms with van der Waals surface area (Å²) >= 11 is 0. The van der Waals surface area contributed by atoms with Gasteiger partial charge in [0, 0.05) is 31.4 Å². The topological polar surface area (TPSA) is 79.3 Å². The van der Waals surface area contributed by atoms with Crippen LogP contribution in [0.4, 0.5) is 0 Å². The molecule has 2 N–H and O–H groups in total. The molecule has 6 heteroatoms. The summed E-state index contributed by atoms with van der Waals surface area (Å²) in [6, 6.07) is 8.80. The molecule has 0 unspecified atom stereocenters. The lowest BCUT2D eigenvalue weighted by Gasteiger charge is -2.05. The number of nitrogens with one attached hydrogen (secondary N) is 2. The minimum absolute atomic E-state index is 0.191. The second kappa shape index (κ2) is 6.26. The van der Waals surface area contributed by atoms with E-state index in [4.69, 9.17) is 0 Å². The maximum Gasteiger partial charge on any atom is 0.252 e. The highest BCUT2D eigenvalue weighted by Crippen LogP contribution is 2.07. The number of nitrogens with zero attached hydrogens (tertiary/aromatic N) is 2. The number of carbonyl (C=O) groups excluding carboxylic acids is 1. The van der Waals surface area contributed by atoms with Crippen molar-refractivity contribution in [2.75, 3.05) is 6.54 Å². The Hall–Kier alpha value is -2.89. The Morgan fingerprint density at radius 2 is 2.18 bits per heavy atom. The second-order valence-corrected chi connectivity index (χ2v) is 4.97. The van der Waals surface area contributed by atoms with Crippen LogP contribution in [-0.4, -0.2) is 26.8 Å². The molecule has 0 saturated carbocycles. The predicted octanol–water partition coefficient (Wildman–Crippen LogP) is 1.39. The third kappa shape index (κ3) is 3.06. The Morgan fingerprint density at radius 3 is 3.00 bits per heavy atom. The van der Waals surface area contributed by atoms with Crippen molar-refractivity contribution in [3.63, 3.8) is 0 Å². The van der Waals surface area contributed by atoms with Crippen LogP contribution < -0.4 is 10.9 Å². The van der Waals surface area contributed by atoms with E-state index in [-0.39, 0.29) is 11.5 Å². The molecule has 3 aromatic heterocycles. The van der Waals surface area contributed by atoms with E-state index in [9.17, 15) is 9.59 Å². The van der Waals surface area contributed by atoms with Crippen molar-refractivity contribution in [3.05, 3.63) is 70.7 Å². The molecule has 0 aromatic carbocycles. The van der Waals surface area contributed by atoms with Crippen molar-refractivity contribution >= 4 is 11.4 Å². The van der Waals surface area contributed by atoms with Crippen LogP contribution in [0.15, 0.2) is 53.7 Å². The molecule has 3 rings (SSSR count). The summed E-state index contributed by atoms with van der Waals surface area (Å²) in [4.78, 5) is 29.7. The summed E-state index contributed by atoms with van der Waals surface area (Å²) in [6.45, 7) is 0.555. The molecule has 0 saturated heterocycles. The fraction of sp³-hybridized carbons (Fsp3) is 0.188. The highest BCUT2D eigenvalue weighted by molar-refractivity contribution is 5.93. The van der Waals surface area contributed by atoms with E-state index in [1.807, 2.05) is 35.0 Å². The van der Waals surface area contributed by atoms with Gasteiger partial charge in [0.1, 0.15) is 5.82 Å². The summed E-state index contributed by atoms with van der Waals surface area (Å²) in [5.74, 6) is 0.790. The first-order valence-electron chi connectivity index (χ1n) is 7.12. The van der Waals surface area contributed by atoms with Crippen molar-refractivity contribution in [3.8, 4) is 0 Å². The summed E-state index contributed by atoms with van der Waals surface area (Å²) in [5, 5.41) is 2.83. The first kappa shape index (κ1) is 14.1. The summed E-state index contributed by atoms with van der Waals surface area (Å²) in [5.41, 5.74) is 1.29. The molecule has 0 bridgehead atoms. The van der Waals surface area contributed by atoms with Gasteiger partial charge in [-0.05, 0) is 24.6 Å². The van der Waals surface area contributed by atoms with Gasteiger partial charge in [-0.3, -0.25) is 9.59 Å². The normalized spacial score (nSPS) is 10.7. The number of imidazole rings is 1. The number of carbonyl (C=O) groups is 1. The molecule has 3 heterocycles. The molecule has 0 aliphatic heterocycles. The summed E-state index contributed by atoms with van der Waals surface area (Å²) in [7, 11) is 0. The first-order valence-corrected chi connectivity index (χ1v) is 7.12. The van der Waals surface area contributed by atoms with Crippen LogP contribution >= 0.6 is 0 Å². The van der Waals surface area contributed by atoms with Crippen LogP contribution in [0, 0.1) is 0 Å². The second-order valence-electron chi connectivity index (χ2n) is 4.97. The van der Waals surface area contributed by atoms with Gasteiger partial charge in [0.15, 0.2) is 0 Å². The van der Waals surface area contributed by atoms with Gasteiger partial charge >= 0.3 is 0 Å². The smallest absolute Gasteiger partial charge is 0.252 e. The Labute approximate surface area is 126 Å². The molecule has 22 heavy (non-hydrogen) atoms. The zero-order valence-electron chi connectivity index (χ0n) is 12.0. The standard InChI is InChI=1S/C16H16N4O2/c21-15-7-6-12(10-19-15)16(22)17-8-3-5-14-18-11-13-4-1-2-9-20(13)14/h1-2,4,6-7,9-11H,3,5,8H2,(H,17,22)(H,19,21). The van der Waals surface area contributed by atoms with Crippen LogP contribution in [0.5, 0.6) is 0 Å². The third-order valence-electron chi connectivity index (χ3n) is 3.42. The van der Waals surface area contributed by atoms with E-state index in [1.54, 1.807) is 0 Å². The van der Waals surface area contributed by atoms with E-state index in [1.165, 1.54) is 18.3 Å². The number of aryl methyl sites for hydroxylation is 1. The highest BCUT2D eigenvalue weighted by atomic mass is 16.1. The van der Waals surface area contributed by atoms with E-state index >= 15 is 0 Å². The third-order valence-corrected chi connectivity index (χ3v) is 3.42. The van der Waals surface area contributed by atoms with Gasteiger partial charge < -0.3 is 14.7 Å². The van der Waals surface area contributed by atoms with Crippen molar-refractivity contribution in [1.82, 2.24) is 19.7 Å². The molecule has 0 radical (unpaired) electrons. The zero-order chi connectivity index (χ0) is 15.4. The average molecular weight is 296 g/mol. The molecule has 0 spiro atoms. The molecule has 112 valence electrons. The quantitative estimate of drug-likeness (QED) is 0.698. The largest absolute Gasteiger partial charge is 0.352 e. The maximum atomic E-state index is 11.9. The maximum absolute atomic E-state index is 11.9. The van der Waals surface area contributed by atoms with E-state index in [0.29, 0.717) is 12.1 Å². The molecular formula is C16H16N4O2. The Morgan fingerprint density at radius 1 is 1.27 bits per heavy atom. The molecule has 0 aliphatic rings. The fourth-order valence-corrected chi connectivity index (χ4v) is 2.29. The van der Waals surface area contributed by atoms with E-state index in [0.717, 1.165) is 24.2 Å². The number of fused-ring (bicyclic) bond motifs is 1. The lowest BCUT2D eigenvalue weighted by atomic mass is 10.2. The minimum atomic E-state index is -0.220. The zero-order valence-corrected chi connectivity index (χ0v) is 12.0. The monoisotopic (exact) mass is 296 g/mol. The Kier molecular flexibility index (Phi) is 4.00. The summed E-state index contributed by atoms with van der Waals surface area (Å²) < 4.78 is 2.05. The van der Waals surface area contributed by atoms with Gasteiger partial charge in [-0.15, -0.1) is 0 Å². The van der Waals surface area contributed by atoms with Crippen molar-refractivity contribution in [2.45, 2.75) is 12.8 Å². The van der Waals surface area contributed by atoms with Crippen molar-refractivity contribution < 1.29 is 4.79 Å². The summed E-state index contributed by atoms with van der Waals surface area (Å²) in [6.07, 6.45) is 6.82. The van der Waals surface area contributed by atoms with Crippen LogP contribution in [0.2, 0.25) is 0 Å². The van der Waals surface area contributed by atoms with Crippen molar-refractivity contribution in [2.24, 2.45) is 0 Å². The number of H-pyrrole nitrogens is 1. The van der Waals surface area contributed by atoms with Crippen LogP contribution in [0.3, 0.4) is 0 Å². The molecule has 0 aliphatic carbocycles. The fourth-order valence-electron chi connectivity index (χ4n) is 2.29. The lowest BCUT2D eigenvalue weighted by molar-refractivity contribution is 0.0953. The Bertz CT molecular complexity index is 830. The molecule has 0 fully saturated rings. The minimum Gasteiger partial charge on any atom is -0.352 e. The van der Waals surface area contributed by atoms with Gasteiger partial charge in [-0.25, -0.2) is 4.98 Å². The SMILES string of the molecule is O=C(NCCCc1ncc2ccccn12)c1ccc(=O)[nH]c1. The predicted molar refractivity (Wildman–Crippen MR) is 82.9 cm³/mol. The molecule has 1 amide bonds. The molecular weight excluding hydrogens is 280 g/mol. The Balaban J connectivity index is 1.52. The number of amides is 1. The van der Waals surface area contributed by atoms with Crippen LogP contribution in [-0.2, 0) is 6.42 Å². The number of pyridine rings is 2. The number of rotatable bonds is 5. The molecule has 6 nitrogen and oxygen atoms in total. The van der Waals surface area contributed by atoms with Crippen molar-refractivity contribution in [1.29, 1.82) is 0 Å². The molecule has 3 aromatic rings. The van der Waals surface area contributed by atoms with Crippen LogP contribution in [0.1, 0.15) is 22.6 Å². The van der Waals surface area contributed by atoms with Gasteiger partial charge in [0.25, 0.3) is 5.91 Å². The molecule has 0 atom stereocenters. The van der Waals surface area contributed by atoms with Gasteiger partial charge in [0.2, 0.25) is 5.56 Å². The van der Waals surface area contributed by atoms with Gasteiger partial charge in [-0.2, -0.15) is 0 Å². The lowest BCUT2D eigenvalue weighted by Crippen LogP contribution is -2.25. The first-order chi connectivity index (χ1) is 10.7. The van der Waals surface area contributed by atoms with Gasteiger partial charge in [-0.1, -0.05) is 6.07 Å². The van der Waals surface area contributed by atoms with E-state index < -0.39 is 0 Å². The number of hydrogen-bond donors (Lipinski definition) is 2. The van der Waals surface area contributed by atoms with E-state index in [2.05, 4.69) is 15.3 Å². The number of aromatic amines is 1. The average Bonchev–Trinajstić information content (AvgIpc) is 2.95. The number of hydrogen-bond acceptors (Lipinski definition) is 3.